The molecule has 2 aromatic heterocycles. The van der Waals surface area contributed by atoms with Crippen molar-refractivity contribution in [1.82, 2.24) is 34.6 Å². The molecule has 0 saturated carbocycles. The van der Waals surface area contributed by atoms with Crippen molar-refractivity contribution in [3.63, 3.8) is 0 Å². The largest absolute Gasteiger partial charge is 0.382 e. The fourth-order valence-electron chi connectivity index (χ4n) is 5.48. The second-order valence-electron chi connectivity index (χ2n) is 12.6. The number of nitrogens with two attached hydrogens (primary N) is 1. The average molecular weight is 555 g/mol. The lowest BCUT2D eigenvalue weighted by Gasteiger charge is -2.30. The van der Waals surface area contributed by atoms with Crippen LogP contribution >= 0.6 is 0 Å². The number of rotatable bonds is 7. The van der Waals surface area contributed by atoms with E-state index in [1.807, 2.05) is 31.5 Å². The second kappa shape index (κ2) is 10.7. The van der Waals surface area contributed by atoms with Gasteiger partial charge in [0.15, 0.2) is 23.5 Å². The van der Waals surface area contributed by atoms with Crippen molar-refractivity contribution < 1.29 is 19.0 Å². The molecule has 12 nitrogen and oxygen atoms in total. The summed E-state index contributed by atoms with van der Waals surface area (Å²) in [6, 6.07) is -0.127. The van der Waals surface area contributed by atoms with E-state index in [1.54, 1.807) is 18.3 Å². The fourth-order valence-corrected chi connectivity index (χ4v) is 5.48. The molecule has 0 aromatic carbocycles. The average Bonchev–Trinajstić information content (AvgIpc) is 3.54. The summed E-state index contributed by atoms with van der Waals surface area (Å²) in [6.07, 6.45) is 8.95. The van der Waals surface area contributed by atoms with E-state index in [2.05, 4.69) is 58.1 Å². The molecule has 2 aromatic rings. The maximum absolute atomic E-state index is 12.8. The van der Waals surface area contributed by atoms with Crippen LogP contribution < -0.4 is 11.1 Å². The van der Waals surface area contributed by atoms with Gasteiger partial charge in [0.25, 0.3) is 0 Å². The Morgan fingerprint density at radius 1 is 1.18 bits per heavy atom. The number of amides is 2. The van der Waals surface area contributed by atoms with Crippen LogP contribution in [-0.2, 0) is 14.2 Å². The van der Waals surface area contributed by atoms with E-state index in [-0.39, 0.29) is 29.8 Å². The molecule has 1 aliphatic carbocycles. The molecule has 40 heavy (non-hydrogen) atoms. The van der Waals surface area contributed by atoms with Crippen LogP contribution in [0.15, 0.2) is 36.6 Å². The Morgan fingerprint density at radius 3 is 2.62 bits per heavy atom. The normalized spacial score (nSPS) is 27.7. The predicted molar refractivity (Wildman–Crippen MR) is 151 cm³/mol. The molecule has 4 heterocycles. The highest BCUT2D eigenvalue weighted by Crippen LogP contribution is 2.44. The molecule has 0 spiro atoms. The van der Waals surface area contributed by atoms with Crippen LogP contribution in [0, 0.1) is 11.3 Å². The second-order valence-corrected chi connectivity index (χ2v) is 12.6. The van der Waals surface area contributed by atoms with E-state index in [0.29, 0.717) is 42.5 Å². The zero-order valence-electron chi connectivity index (χ0n) is 24.5. The van der Waals surface area contributed by atoms with Crippen molar-refractivity contribution in [2.24, 2.45) is 11.3 Å². The maximum Gasteiger partial charge on any atom is 0.321 e. The fraction of sp³-hybridized carbons (Fsp3) is 0.643. The molecule has 2 aliphatic heterocycles. The summed E-state index contributed by atoms with van der Waals surface area (Å²) in [5.41, 5.74) is 8.16. The molecule has 1 unspecified atom stereocenters. The van der Waals surface area contributed by atoms with Crippen LogP contribution in [0.2, 0.25) is 0 Å². The number of aromatic nitrogens is 4. The molecule has 0 bridgehead atoms. The zero-order valence-corrected chi connectivity index (χ0v) is 24.5. The van der Waals surface area contributed by atoms with Gasteiger partial charge in [-0.1, -0.05) is 32.9 Å². The lowest BCUT2D eigenvalue weighted by molar-refractivity contribution is -0.197. The van der Waals surface area contributed by atoms with Crippen molar-refractivity contribution in [3.05, 3.63) is 36.6 Å². The molecule has 3 N–H and O–H groups in total. The Balaban J connectivity index is 1.17. The van der Waals surface area contributed by atoms with Crippen LogP contribution in [-0.4, -0.2) is 93.2 Å². The number of fused-ring (bicyclic) bond motifs is 2. The summed E-state index contributed by atoms with van der Waals surface area (Å²) < 4.78 is 20.9. The minimum Gasteiger partial charge on any atom is -0.382 e. The highest BCUT2D eigenvalue weighted by atomic mass is 16.8. The number of allylic oxidation sites excluding steroid dienone is 3. The Morgan fingerprint density at radius 2 is 1.93 bits per heavy atom. The first kappa shape index (κ1) is 28.5. The highest BCUT2D eigenvalue weighted by Gasteiger charge is 2.56. The number of hydrogen-bond donors (Lipinski definition) is 2. The third kappa shape index (κ3) is 5.85. The van der Waals surface area contributed by atoms with E-state index < -0.39 is 12.0 Å². The van der Waals surface area contributed by atoms with E-state index in [4.69, 9.17) is 19.9 Å². The number of anilines is 1. The molecule has 2 fully saturated rings. The molecule has 5 rings (SSSR count). The van der Waals surface area contributed by atoms with Crippen LogP contribution in [0.4, 0.5) is 10.6 Å². The number of carbonyl (C=O) groups excluding carboxylic acids is 1. The Kier molecular flexibility index (Phi) is 7.64. The van der Waals surface area contributed by atoms with Crippen LogP contribution in [0.3, 0.4) is 0 Å². The molecule has 218 valence electrons. The van der Waals surface area contributed by atoms with Gasteiger partial charge < -0.3 is 35.1 Å². The first-order valence-electron chi connectivity index (χ1n) is 13.9. The van der Waals surface area contributed by atoms with Gasteiger partial charge in [0.05, 0.1) is 6.33 Å². The topological polar surface area (TPSA) is 133 Å². The minimum absolute atomic E-state index is 0.127. The number of ether oxygens (including phenoxy) is 3. The van der Waals surface area contributed by atoms with Gasteiger partial charge in [-0.25, -0.2) is 19.7 Å². The van der Waals surface area contributed by atoms with E-state index >= 15 is 0 Å². The third-order valence-corrected chi connectivity index (χ3v) is 7.91. The number of likely N-dealkylation sites (N-methyl/N-ethyl adjacent to an activating group) is 2. The minimum atomic E-state index is -0.744. The van der Waals surface area contributed by atoms with Gasteiger partial charge in [-0.3, -0.25) is 4.57 Å². The Hall–Kier alpha value is -3.06. The third-order valence-electron chi connectivity index (χ3n) is 7.91. The quantitative estimate of drug-likeness (QED) is 0.530. The molecule has 0 radical (unpaired) electrons. The number of urea groups is 1. The molecular weight excluding hydrogens is 512 g/mol. The van der Waals surface area contributed by atoms with Crippen molar-refractivity contribution in [3.8, 4) is 0 Å². The molecule has 2 saturated heterocycles. The van der Waals surface area contributed by atoms with Gasteiger partial charge >= 0.3 is 6.03 Å². The number of nitrogens with zero attached hydrogens (tertiary/aromatic N) is 6. The zero-order chi connectivity index (χ0) is 28.8. The van der Waals surface area contributed by atoms with Gasteiger partial charge in [-0.15, -0.1) is 0 Å². The number of nitrogen functional groups attached to an aromatic ring is 1. The summed E-state index contributed by atoms with van der Waals surface area (Å²) in [5, 5.41) is 3.02. The lowest BCUT2D eigenvalue weighted by Crippen LogP contribution is -2.43. The lowest BCUT2D eigenvalue weighted by atomic mass is 9.77. The molecule has 5 atom stereocenters. The first-order chi connectivity index (χ1) is 18.8. The van der Waals surface area contributed by atoms with Crippen LogP contribution in [0.25, 0.3) is 11.2 Å². The van der Waals surface area contributed by atoms with E-state index in [0.717, 1.165) is 12.1 Å². The van der Waals surface area contributed by atoms with Crippen LogP contribution in [0.1, 0.15) is 47.3 Å². The molecular formula is C28H42N8O4. The van der Waals surface area contributed by atoms with E-state index in [1.165, 1.54) is 6.33 Å². The number of hydrogen-bond acceptors (Lipinski definition) is 9. The SMILES string of the molecule is CN(CCN(C)C(=O)NC1=CCC(C(C)(C)C)C=C1)C[C@H]1O[C@@H](n2cnc3c(N)ncnc32)[C@@H]2OC(C)(C)O[C@@H]21. The van der Waals surface area contributed by atoms with Gasteiger partial charge in [0.1, 0.15) is 30.2 Å². The van der Waals surface area contributed by atoms with Crippen molar-refractivity contribution in [2.75, 3.05) is 39.5 Å². The molecule has 3 aliphatic rings. The van der Waals surface area contributed by atoms with Crippen molar-refractivity contribution >= 4 is 23.0 Å². The first-order valence-corrected chi connectivity index (χ1v) is 13.9. The van der Waals surface area contributed by atoms with E-state index in [9.17, 15) is 4.79 Å². The standard InChI is InChI=1S/C28H42N8O4/c1-27(2,3)17-8-10-18(11-9-17)33-26(37)35(7)13-12-34(6)14-19-21-22(40-28(4,5)39-21)25(38-19)36-16-32-20-23(29)30-15-31-24(20)36/h8,10-11,15-17,19,21-22,25H,9,12-14H2,1-7H3,(H,33,37)(H2,29,30,31)/t17?,19-,21-,22-,25-/m1/s1. The number of carbonyl (C=O) groups is 1. The number of nitrogens with one attached hydrogen (secondary N) is 1. The van der Waals surface area contributed by atoms with Gasteiger partial charge in [-0.05, 0) is 44.7 Å². The summed E-state index contributed by atoms with van der Waals surface area (Å²) in [4.78, 5) is 29.4. The van der Waals surface area contributed by atoms with Gasteiger partial charge in [0.2, 0.25) is 0 Å². The Bertz CT molecular complexity index is 1300. The predicted octanol–water partition coefficient (Wildman–Crippen LogP) is 2.91. The van der Waals surface area contributed by atoms with Gasteiger partial charge in [-0.2, -0.15) is 0 Å². The van der Waals surface area contributed by atoms with Crippen molar-refractivity contribution in [1.29, 1.82) is 0 Å². The van der Waals surface area contributed by atoms with Crippen LogP contribution in [0.5, 0.6) is 0 Å². The highest BCUT2D eigenvalue weighted by molar-refractivity contribution is 5.81. The smallest absolute Gasteiger partial charge is 0.321 e. The molecule has 12 heteroatoms. The van der Waals surface area contributed by atoms with Gasteiger partial charge in [0, 0.05) is 32.4 Å². The summed E-state index contributed by atoms with van der Waals surface area (Å²) in [5.74, 6) is 0.0401. The number of imidazole rings is 1. The van der Waals surface area contributed by atoms with Crippen molar-refractivity contribution in [2.45, 2.75) is 71.4 Å². The monoisotopic (exact) mass is 554 g/mol. The maximum atomic E-state index is 12.8. The summed E-state index contributed by atoms with van der Waals surface area (Å²) in [6.45, 7) is 12.3. The Labute approximate surface area is 235 Å². The summed E-state index contributed by atoms with van der Waals surface area (Å²) in [7, 11) is 3.82. The molecule has 2 amide bonds. The summed E-state index contributed by atoms with van der Waals surface area (Å²) >= 11 is 0.